The first-order chi connectivity index (χ1) is 20.3. The number of fused-ring (bicyclic) bond motifs is 10. The van der Waals surface area contributed by atoms with E-state index in [-0.39, 0.29) is 13.8 Å². The highest BCUT2D eigenvalue weighted by Gasteiger charge is 2.25. The van der Waals surface area contributed by atoms with Crippen LogP contribution in [-0.4, -0.2) is 76.1 Å². The quantitative estimate of drug-likeness (QED) is 0.362. The summed E-state index contributed by atoms with van der Waals surface area (Å²) in [6.45, 7) is 8.34. The summed E-state index contributed by atoms with van der Waals surface area (Å²) >= 11 is 0. The molecule has 3 aliphatic heterocycles. The molecule has 0 aromatic heterocycles. The third-order valence-corrected chi connectivity index (χ3v) is 8.10. The molecule has 4 aromatic carbocycles. The van der Waals surface area contributed by atoms with Crippen molar-refractivity contribution in [2.24, 2.45) is 0 Å². The standard InChI is InChI=1S/C34H38B2N2O3/c1-3-11-31(12-4-1)35-33-15-7-9-29(25-33)27-39-28-30-10-8-16-34(26-30)36(32-13-5-2-6-14-32)41-24-22-38-19-17-37(18-20-38)21-23-40-35/h1-16,25-26H,17-24,27-28H2. The lowest BCUT2D eigenvalue weighted by molar-refractivity contribution is 0.106. The van der Waals surface area contributed by atoms with Gasteiger partial charge in [0.1, 0.15) is 0 Å². The first-order valence-electron chi connectivity index (χ1n) is 14.8. The summed E-state index contributed by atoms with van der Waals surface area (Å²) in [5.74, 6) is 0. The van der Waals surface area contributed by atoms with Gasteiger partial charge in [0.15, 0.2) is 0 Å². The van der Waals surface area contributed by atoms with E-state index in [0.29, 0.717) is 26.4 Å². The van der Waals surface area contributed by atoms with Crippen LogP contribution in [0.3, 0.4) is 0 Å². The number of piperazine rings is 1. The van der Waals surface area contributed by atoms with E-state index in [1.54, 1.807) is 0 Å². The van der Waals surface area contributed by atoms with Crippen LogP contribution >= 0.6 is 0 Å². The first kappa shape index (κ1) is 28.0. The van der Waals surface area contributed by atoms with Gasteiger partial charge in [-0.25, -0.2) is 0 Å². The Hall–Kier alpha value is -3.19. The van der Waals surface area contributed by atoms with Crippen LogP contribution in [0.5, 0.6) is 0 Å². The highest BCUT2D eigenvalue weighted by atomic mass is 16.5. The van der Waals surface area contributed by atoms with E-state index in [9.17, 15) is 0 Å². The molecule has 0 spiro atoms. The Morgan fingerprint density at radius 1 is 0.439 bits per heavy atom. The second-order valence-corrected chi connectivity index (χ2v) is 11.0. The van der Waals surface area contributed by atoms with Crippen LogP contribution in [0, 0.1) is 0 Å². The Morgan fingerprint density at radius 2 is 0.854 bits per heavy atom. The maximum absolute atomic E-state index is 6.58. The lowest BCUT2D eigenvalue weighted by atomic mass is 9.55. The molecule has 0 amide bonds. The van der Waals surface area contributed by atoms with E-state index in [1.807, 2.05) is 0 Å². The SMILES string of the molecule is c1ccc(B2OCCN3CCN(CCOB(c4ccccc4)c4cccc(c4)COCc4cccc2c4)CC3)cc1. The number of rotatable bonds is 2. The molecule has 4 aromatic rings. The van der Waals surface area contributed by atoms with E-state index < -0.39 is 0 Å². The highest BCUT2D eigenvalue weighted by Crippen LogP contribution is 2.08. The number of hydrogen-bond donors (Lipinski definition) is 0. The largest absolute Gasteiger partial charge is 0.426 e. The smallest absolute Gasteiger partial charge is 0.361 e. The van der Waals surface area contributed by atoms with Crippen molar-refractivity contribution in [3.63, 3.8) is 0 Å². The topological polar surface area (TPSA) is 34.2 Å². The Balaban J connectivity index is 1.25. The van der Waals surface area contributed by atoms with Gasteiger partial charge in [0.25, 0.3) is 0 Å². The van der Waals surface area contributed by atoms with Crippen LogP contribution in [0.4, 0.5) is 0 Å². The van der Waals surface area contributed by atoms with Crippen LogP contribution in [0.2, 0.25) is 0 Å². The lowest BCUT2D eigenvalue weighted by Crippen LogP contribution is -2.51. The Labute approximate surface area is 245 Å². The summed E-state index contributed by atoms with van der Waals surface area (Å²) in [5.41, 5.74) is 6.99. The molecule has 6 bridgehead atoms. The lowest BCUT2D eigenvalue weighted by Gasteiger charge is -2.35. The van der Waals surface area contributed by atoms with Crippen LogP contribution in [0.25, 0.3) is 0 Å². The van der Waals surface area contributed by atoms with Crippen molar-refractivity contribution < 1.29 is 14.0 Å². The highest BCUT2D eigenvalue weighted by molar-refractivity contribution is 6.80. The molecule has 0 atom stereocenters. The van der Waals surface area contributed by atoms with Crippen LogP contribution in [0.1, 0.15) is 11.1 Å². The van der Waals surface area contributed by atoms with Gasteiger partial charge in [-0.05, 0) is 33.0 Å². The van der Waals surface area contributed by atoms with Crippen molar-refractivity contribution in [1.82, 2.24) is 9.80 Å². The summed E-state index contributed by atoms with van der Waals surface area (Å²) < 4.78 is 19.4. The monoisotopic (exact) mass is 544 g/mol. The molecular formula is C34H38B2N2O3. The molecule has 7 heteroatoms. The van der Waals surface area contributed by atoms with Gasteiger partial charge in [0.05, 0.1) is 13.2 Å². The second kappa shape index (κ2) is 14.1. The fourth-order valence-corrected chi connectivity index (χ4v) is 5.84. The predicted octanol–water partition coefficient (Wildman–Crippen LogP) is 2.28. The number of hydrogen-bond acceptors (Lipinski definition) is 5. The van der Waals surface area contributed by atoms with Crippen molar-refractivity contribution in [3.8, 4) is 0 Å². The van der Waals surface area contributed by atoms with Crippen molar-refractivity contribution in [1.29, 1.82) is 0 Å². The molecule has 5 nitrogen and oxygen atoms in total. The van der Waals surface area contributed by atoms with E-state index in [4.69, 9.17) is 14.0 Å². The molecule has 0 unspecified atom stereocenters. The summed E-state index contributed by atoms with van der Waals surface area (Å²) in [6, 6.07) is 38.4. The zero-order valence-corrected chi connectivity index (χ0v) is 23.7. The van der Waals surface area contributed by atoms with Gasteiger partial charge in [0, 0.05) is 52.5 Å². The zero-order chi connectivity index (χ0) is 27.7. The molecule has 3 aliphatic rings. The zero-order valence-electron chi connectivity index (χ0n) is 23.7. The summed E-state index contributed by atoms with van der Waals surface area (Å²) in [4.78, 5) is 5.04. The average molecular weight is 544 g/mol. The Kier molecular flexibility index (Phi) is 9.63. The summed E-state index contributed by atoms with van der Waals surface area (Å²) in [7, 11) is 0. The van der Waals surface area contributed by atoms with Crippen LogP contribution in [0.15, 0.2) is 109 Å². The van der Waals surface area contributed by atoms with Gasteiger partial charge >= 0.3 is 13.8 Å². The minimum Gasteiger partial charge on any atom is -0.426 e. The van der Waals surface area contributed by atoms with Crippen molar-refractivity contribution in [2.45, 2.75) is 13.2 Å². The molecule has 0 saturated carbocycles. The first-order valence-corrected chi connectivity index (χ1v) is 14.8. The van der Waals surface area contributed by atoms with Crippen LogP contribution in [-0.2, 0) is 27.3 Å². The normalized spacial score (nSPS) is 20.8. The average Bonchev–Trinajstić information content (AvgIpc) is 3.03. The fourth-order valence-electron chi connectivity index (χ4n) is 5.84. The maximum Gasteiger partial charge on any atom is 0.361 e. The van der Waals surface area contributed by atoms with Crippen molar-refractivity contribution >= 4 is 35.7 Å². The molecule has 41 heavy (non-hydrogen) atoms. The third-order valence-electron chi connectivity index (χ3n) is 8.10. The van der Waals surface area contributed by atoms with Crippen LogP contribution < -0.4 is 21.9 Å². The van der Waals surface area contributed by atoms with Crippen molar-refractivity contribution in [2.75, 3.05) is 52.5 Å². The predicted molar refractivity (Wildman–Crippen MR) is 169 cm³/mol. The molecule has 1 saturated heterocycles. The molecule has 0 aliphatic carbocycles. The third kappa shape index (κ3) is 7.56. The minimum atomic E-state index is -0.102. The van der Waals surface area contributed by atoms with Gasteiger partial charge in [-0.15, -0.1) is 0 Å². The van der Waals surface area contributed by atoms with Crippen molar-refractivity contribution in [3.05, 3.63) is 120 Å². The summed E-state index contributed by atoms with van der Waals surface area (Å²) in [6.07, 6.45) is 0. The van der Waals surface area contributed by atoms with E-state index in [2.05, 4.69) is 119 Å². The maximum atomic E-state index is 6.58. The van der Waals surface area contributed by atoms with E-state index >= 15 is 0 Å². The molecule has 0 N–H and O–H groups in total. The number of ether oxygens (including phenoxy) is 1. The second-order valence-electron chi connectivity index (χ2n) is 11.0. The molecule has 7 rings (SSSR count). The Bertz CT molecular complexity index is 1260. The minimum absolute atomic E-state index is 0.102. The van der Waals surface area contributed by atoms with Gasteiger partial charge in [-0.2, -0.15) is 0 Å². The van der Waals surface area contributed by atoms with Gasteiger partial charge in [0.2, 0.25) is 0 Å². The van der Waals surface area contributed by atoms with Gasteiger partial charge in [-0.3, -0.25) is 9.80 Å². The molecule has 0 radical (unpaired) electrons. The van der Waals surface area contributed by atoms with E-state index in [1.165, 1.54) is 10.9 Å². The summed E-state index contributed by atoms with van der Waals surface area (Å²) in [5, 5.41) is 0. The molecule has 1 fully saturated rings. The molecule has 3 heterocycles. The molecule has 208 valence electrons. The number of benzene rings is 4. The number of nitrogens with zero attached hydrogens (tertiary/aromatic N) is 2. The molecular weight excluding hydrogens is 506 g/mol. The van der Waals surface area contributed by atoms with E-state index in [0.717, 1.165) is 61.3 Å². The van der Waals surface area contributed by atoms with Gasteiger partial charge in [-0.1, -0.05) is 109 Å². The van der Waals surface area contributed by atoms with Gasteiger partial charge < -0.3 is 14.0 Å². The fraction of sp³-hybridized carbons (Fsp3) is 0.294. The Morgan fingerprint density at radius 3 is 1.29 bits per heavy atom.